The molecule has 7 heteroatoms. The molecule has 130 valence electrons. The molecule has 0 spiro atoms. The predicted molar refractivity (Wildman–Crippen MR) is 97.8 cm³/mol. The Morgan fingerprint density at radius 1 is 1.32 bits per heavy atom. The normalized spacial score (nSPS) is 20.7. The maximum Gasteiger partial charge on any atom is 0.137 e. The number of aryl methyl sites for hydroxylation is 1. The number of ether oxygens (including phenoxy) is 2. The highest BCUT2D eigenvalue weighted by molar-refractivity contribution is 7.07. The summed E-state index contributed by atoms with van der Waals surface area (Å²) in [5, 5.41) is 6.60. The molecule has 1 aromatic carbocycles. The summed E-state index contributed by atoms with van der Waals surface area (Å²) in [6.45, 7) is 3.71. The van der Waals surface area contributed by atoms with Crippen LogP contribution in [0, 0.1) is 6.92 Å². The van der Waals surface area contributed by atoms with Gasteiger partial charge in [-0.1, -0.05) is 12.1 Å². The Balaban J connectivity index is 1.53. The summed E-state index contributed by atoms with van der Waals surface area (Å²) >= 11 is 1.58. The molecule has 0 bridgehead atoms. The van der Waals surface area contributed by atoms with Gasteiger partial charge in [0, 0.05) is 17.4 Å². The summed E-state index contributed by atoms with van der Waals surface area (Å²) in [5.41, 5.74) is 3.73. The molecule has 3 aromatic rings. The van der Waals surface area contributed by atoms with Crippen LogP contribution in [-0.2, 0) is 16.1 Å². The molecular weight excluding hydrogens is 336 g/mol. The van der Waals surface area contributed by atoms with Gasteiger partial charge in [0.2, 0.25) is 0 Å². The van der Waals surface area contributed by atoms with Crippen LogP contribution in [0.5, 0.6) is 0 Å². The molecule has 25 heavy (non-hydrogen) atoms. The fourth-order valence-electron chi connectivity index (χ4n) is 3.02. The average molecular weight is 356 g/mol. The van der Waals surface area contributed by atoms with E-state index in [4.69, 9.17) is 9.47 Å². The van der Waals surface area contributed by atoms with Gasteiger partial charge in [0.05, 0.1) is 36.0 Å². The van der Waals surface area contributed by atoms with Crippen LogP contribution >= 0.6 is 11.3 Å². The number of benzene rings is 1. The standard InChI is InChI=1S/C18H20N4O2S/c1-12-20-15-5-3-2-4-14(15)18(21-12)22-16-6-7-23-9-17(16)24-8-13-10-25-11-19-13/h2-5,10-11,16-17H,6-9H2,1H3,(H,20,21,22)/t16-,17-/m1/s1. The van der Waals surface area contributed by atoms with E-state index in [2.05, 4.69) is 20.3 Å². The molecule has 1 aliphatic rings. The first-order valence-electron chi connectivity index (χ1n) is 8.36. The van der Waals surface area contributed by atoms with Crippen molar-refractivity contribution in [3.63, 3.8) is 0 Å². The SMILES string of the molecule is Cc1nc(N[C@@H]2CCOC[C@H]2OCc2cscn2)c2ccccc2n1. The van der Waals surface area contributed by atoms with E-state index in [0.717, 1.165) is 41.3 Å². The summed E-state index contributed by atoms with van der Waals surface area (Å²) in [4.78, 5) is 13.4. The Bertz CT molecular complexity index is 840. The molecule has 1 N–H and O–H groups in total. The molecular formula is C18H20N4O2S. The van der Waals surface area contributed by atoms with Crippen molar-refractivity contribution in [1.82, 2.24) is 15.0 Å². The number of hydrogen-bond donors (Lipinski definition) is 1. The molecule has 0 radical (unpaired) electrons. The summed E-state index contributed by atoms with van der Waals surface area (Å²) in [5.74, 6) is 1.62. The van der Waals surface area contributed by atoms with Crippen molar-refractivity contribution in [2.24, 2.45) is 0 Å². The van der Waals surface area contributed by atoms with Gasteiger partial charge in [-0.2, -0.15) is 0 Å². The third-order valence-electron chi connectivity index (χ3n) is 4.27. The molecule has 4 rings (SSSR count). The second kappa shape index (κ2) is 7.43. The fraction of sp³-hybridized carbons (Fsp3) is 0.389. The first-order chi connectivity index (χ1) is 12.3. The first-order valence-corrected chi connectivity index (χ1v) is 9.30. The van der Waals surface area contributed by atoms with E-state index in [-0.39, 0.29) is 12.1 Å². The first kappa shape index (κ1) is 16.4. The number of thiazole rings is 1. The number of rotatable bonds is 5. The van der Waals surface area contributed by atoms with Gasteiger partial charge in [-0.15, -0.1) is 11.3 Å². The van der Waals surface area contributed by atoms with Crippen molar-refractivity contribution in [3.8, 4) is 0 Å². The zero-order chi connectivity index (χ0) is 17.1. The van der Waals surface area contributed by atoms with Gasteiger partial charge in [-0.25, -0.2) is 15.0 Å². The zero-order valence-electron chi connectivity index (χ0n) is 14.0. The van der Waals surface area contributed by atoms with Gasteiger partial charge in [0.25, 0.3) is 0 Å². The smallest absolute Gasteiger partial charge is 0.137 e. The highest BCUT2D eigenvalue weighted by Gasteiger charge is 2.27. The van der Waals surface area contributed by atoms with E-state index in [1.807, 2.05) is 42.1 Å². The second-order valence-corrected chi connectivity index (χ2v) is 6.80. The second-order valence-electron chi connectivity index (χ2n) is 6.08. The van der Waals surface area contributed by atoms with Crippen LogP contribution in [0.25, 0.3) is 10.9 Å². The number of fused-ring (bicyclic) bond motifs is 1. The van der Waals surface area contributed by atoms with Crippen molar-refractivity contribution in [1.29, 1.82) is 0 Å². The minimum Gasteiger partial charge on any atom is -0.379 e. The summed E-state index contributed by atoms with van der Waals surface area (Å²) < 4.78 is 11.7. The Kier molecular flexibility index (Phi) is 4.87. The van der Waals surface area contributed by atoms with Crippen LogP contribution in [0.2, 0.25) is 0 Å². The van der Waals surface area contributed by atoms with Crippen molar-refractivity contribution in [3.05, 3.63) is 46.7 Å². The lowest BCUT2D eigenvalue weighted by Crippen LogP contribution is -2.43. The molecule has 0 saturated carbocycles. The minimum absolute atomic E-state index is 0.0375. The molecule has 3 heterocycles. The topological polar surface area (TPSA) is 69.2 Å². The fourth-order valence-corrected chi connectivity index (χ4v) is 3.56. The van der Waals surface area contributed by atoms with E-state index in [9.17, 15) is 0 Å². The third kappa shape index (κ3) is 3.78. The lowest BCUT2D eigenvalue weighted by molar-refractivity contribution is -0.0644. The van der Waals surface area contributed by atoms with Gasteiger partial charge >= 0.3 is 0 Å². The van der Waals surface area contributed by atoms with Crippen LogP contribution in [0.15, 0.2) is 35.2 Å². The van der Waals surface area contributed by atoms with E-state index < -0.39 is 0 Å². The highest BCUT2D eigenvalue weighted by Crippen LogP contribution is 2.24. The number of nitrogens with zero attached hydrogens (tertiary/aromatic N) is 3. The molecule has 6 nitrogen and oxygen atoms in total. The Labute approximate surface area is 150 Å². The van der Waals surface area contributed by atoms with E-state index in [1.165, 1.54) is 0 Å². The molecule has 0 aliphatic carbocycles. The Hall–Kier alpha value is -2.09. The average Bonchev–Trinajstić information content (AvgIpc) is 3.14. The maximum atomic E-state index is 6.07. The minimum atomic E-state index is -0.0375. The largest absolute Gasteiger partial charge is 0.379 e. The van der Waals surface area contributed by atoms with Crippen molar-refractivity contribution in [2.75, 3.05) is 18.5 Å². The Morgan fingerprint density at radius 3 is 3.12 bits per heavy atom. The number of aromatic nitrogens is 3. The number of hydrogen-bond acceptors (Lipinski definition) is 7. The molecule has 2 atom stereocenters. The van der Waals surface area contributed by atoms with Gasteiger partial charge in [-0.3, -0.25) is 0 Å². The van der Waals surface area contributed by atoms with Gasteiger partial charge in [-0.05, 0) is 25.5 Å². The summed E-state index contributed by atoms with van der Waals surface area (Å²) in [7, 11) is 0. The van der Waals surface area contributed by atoms with Crippen LogP contribution in [0.1, 0.15) is 17.9 Å². The molecule has 2 aromatic heterocycles. The molecule has 1 saturated heterocycles. The van der Waals surface area contributed by atoms with Crippen LogP contribution < -0.4 is 5.32 Å². The van der Waals surface area contributed by atoms with E-state index in [1.54, 1.807) is 11.3 Å². The van der Waals surface area contributed by atoms with Gasteiger partial charge < -0.3 is 14.8 Å². The van der Waals surface area contributed by atoms with Crippen molar-refractivity contribution in [2.45, 2.75) is 32.1 Å². The van der Waals surface area contributed by atoms with Gasteiger partial charge in [0.15, 0.2) is 0 Å². The van der Waals surface area contributed by atoms with Crippen LogP contribution in [0.3, 0.4) is 0 Å². The summed E-state index contributed by atoms with van der Waals surface area (Å²) in [6.07, 6.45) is 0.837. The van der Waals surface area contributed by atoms with Crippen molar-refractivity contribution >= 4 is 28.1 Å². The number of nitrogens with one attached hydrogen (secondary N) is 1. The summed E-state index contributed by atoms with van der Waals surface area (Å²) in [6, 6.07) is 8.20. The number of anilines is 1. The number of para-hydroxylation sites is 1. The van der Waals surface area contributed by atoms with E-state index in [0.29, 0.717) is 13.2 Å². The molecule has 1 fully saturated rings. The third-order valence-corrected chi connectivity index (χ3v) is 4.91. The maximum absolute atomic E-state index is 6.07. The lowest BCUT2D eigenvalue weighted by atomic mass is 10.1. The Morgan fingerprint density at radius 2 is 2.24 bits per heavy atom. The molecule has 0 amide bonds. The lowest BCUT2D eigenvalue weighted by Gasteiger charge is -2.32. The van der Waals surface area contributed by atoms with Crippen LogP contribution in [0.4, 0.5) is 5.82 Å². The van der Waals surface area contributed by atoms with Crippen LogP contribution in [-0.4, -0.2) is 40.3 Å². The zero-order valence-corrected chi connectivity index (χ0v) is 14.8. The highest BCUT2D eigenvalue weighted by atomic mass is 32.1. The molecule has 0 unspecified atom stereocenters. The quantitative estimate of drug-likeness (QED) is 0.757. The van der Waals surface area contributed by atoms with Crippen molar-refractivity contribution < 1.29 is 9.47 Å². The monoisotopic (exact) mass is 356 g/mol. The predicted octanol–water partition coefficient (Wildman–Crippen LogP) is 3.18. The molecule has 1 aliphatic heterocycles. The van der Waals surface area contributed by atoms with E-state index >= 15 is 0 Å². The van der Waals surface area contributed by atoms with Gasteiger partial charge in [0.1, 0.15) is 17.7 Å².